The molecular formula is C5H6ClNO2. The van der Waals surface area contributed by atoms with Gasteiger partial charge < -0.3 is 4.74 Å². The van der Waals surface area contributed by atoms with E-state index in [9.17, 15) is 4.79 Å². The van der Waals surface area contributed by atoms with Gasteiger partial charge in [-0.3, -0.25) is 4.85 Å². The summed E-state index contributed by atoms with van der Waals surface area (Å²) in [5.74, 6) is 0. The fourth-order valence-electron chi connectivity index (χ4n) is 0.219. The van der Waals surface area contributed by atoms with E-state index in [1.807, 2.05) is 0 Å². The van der Waals surface area contributed by atoms with Crippen LogP contribution in [-0.2, 0) is 4.74 Å². The standard InChI is InChI=1S/C5H6ClNO2/c1-5(2,7-3)9-4(6)8/h1-2H3. The van der Waals surface area contributed by atoms with Crippen molar-refractivity contribution in [2.24, 2.45) is 0 Å². The minimum atomic E-state index is -1.13. The third-order valence-corrected chi connectivity index (χ3v) is 0.676. The van der Waals surface area contributed by atoms with Gasteiger partial charge in [-0.15, -0.1) is 0 Å². The fourth-order valence-corrected chi connectivity index (χ4v) is 0.408. The van der Waals surface area contributed by atoms with Gasteiger partial charge in [0.15, 0.2) is 0 Å². The number of carbonyl (C=O) groups excluding carboxylic acids is 1. The van der Waals surface area contributed by atoms with Crippen LogP contribution in [0.4, 0.5) is 4.79 Å². The van der Waals surface area contributed by atoms with Gasteiger partial charge in [-0.1, -0.05) is 0 Å². The number of carbonyl (C=O) groups is 1. The molecule has 0 N–H and O–H groups in total. The van der Waals surface area contributed by atoms with Crippen LogP contribution in [0.5, 0.6) is 0 Å². The van der Waals surface area contributed by atoms with E-state index in [4.69, 9.17) is 18.2 Å². The van der Waals surface area contributed by atoms with Crippen molar-refractivity contribution in [2.45, 2.75) is 19.6 Å². The first-order valence-corrected chi connectivity index (χ1v) is 2.63. The quantitative estimate of drug-likeness (QED) is 0.420. The molecule has 0 aliphatic heterocycles. The highest BCUT2D eigenvalue weighted by molar-refractivity contribution is 6.61. The second kappa shape index (κ2) is 2.70. The van der Waals surface area contributed by atoms with Gasteiger partial charge in [0.05, 0.1) is 13.8 Å². The lowest BCUT2D eigenvalue weighted by Gasteiger charge is -2.07. The van der Waals surface area contributed by atoms with Gasteiger partial charge in [0.1, 0.15) is 0 Å². The van der Waals surface area contributed by atoms with Gasteiger partial charge in [0, 0.05) is 11.6 Å². The lowest BCUT2D eigenvalue weighted by molar-refractivity contribution is 0.0920. The van der Waals surface area contributed by atoms with E-state index < -0.39 is 11.2 Å². The van der Waals surface area contributed by atoms with Crippen molar-refractivity contribution in [3.05, 3.63) is 11.4 Å². The predicted molar refractivity (Wildman–Crippen MR) is 33.0 cm³/mol. The molecule has 0 spiro atoms. The molecule has 0 aromatic rings. The second-order valence-electron chi connectivity index (χ2n) is 1.90. The summed E-state index contributed by atoms with van der Waals surface area (Å²) < 4.78 is 4.36. The summed E-state index contributed by atoms with van der Waals surface area (Å²) >= 11 is 4.84. The first kappa shape index (κ1) is 8.25. The summed E-state index contributed by atoms with van der Waals surface area (Å²) in [7, 11) is 0. The minimum Gasteiger partial charge on any atom is -0.377 e. The summed E-state index contributed by atoms with van der Waals surface area (Å²) in [6.45, 7) is 9.41. The highest BCUT2D eigenvalue weighted by Gasteiger charge is 2.26. The Kier molecular flexibility index (Phi) is 2.47. The third-order valence-electron chi connectivity index (χ3n) is 0.599. The fraction of sp³-hybridized carbons (Fsp3) is 0.600. The van der Waals surface area contributed by atoms with Crippen LogP contribution in [0.15, 0.2) is 0 Å². The van der Waals surface area contributed by atoms with Crippen LogP contribution >= 0.6 is 11.6 Å². The molecule has 0 amide bonds. The van der Waals surface area contributed by atoms with Crippen molar-refractivity contribution in [3.63, 3.8) is 0 Å². The highest BCUT2D eigenvalue weighted by atomic mass is 35.5. The Bertz CT molecular complexity index is 159. The molecule has 0 aromatic carbocycles. The Balaban J connectivity index is 3.91. The summed E-state index contributed by atoms with van der Waals surface area (Å²) in [6.07, 6.45) is 0. The van der Waals surface area contributed by atoms with Crippen molar-refractivity contribution < 1.29 is 9.53 Å². The molecule has 0 heterocycles. The predicted octanol–water partition coefficient (Wildman–Crippen LogP) is 2.02. The van der Waals surface area contributed by atoms with Gasteiger partial charge >= 0.3 is 11.2 Å². The number of nitrogens with zero attached hydrogens (tertiary/aromatic N) is 1. The molecule has 3 nitrogen and oxygen atoms in total. The van der Waals surface area contributed by atoms with Gasteiger partial charge in [0.25, 0.3) is 0 Å². The van der Waals surface area contributed by atoms with E-state index >= 15 is 0 Å². The summed E-state index contributed by atoms with van der Waals surface area (Å²) in [5, 5.41) is 0. The van der Waals surface area contributed by atoms with E-state index in [0.717, 1.165) is 0 Å². The van der Waals surface area contributed by atoms with E-state index in [-0.39, 0.29) is 0 Å². The van der Waals surface area contributed by atoms with Crippen LogP contribution in [0.1, 0.15) is 13.8 Å². The van der Waals surface area contributed by atoms with Crippen LogP contribution in [0, 0.1) is 6.57 Å². The molecule has 0 radical (unpaired) electrons. The molecule has 9 heavy (non-hydrogen) atoms. The summed E-state index contributed by atoms with van der Waals surface area (Å²) in [6, 6.07) is 0. The molecule has 0 fully saturated rings. The second-order valence-corrected chi connectivity index (χ2v) is 2.21. The van der Waals surface area contributed by atoms with Crippen molar-refractivity contribution in [1.29, 1.82) is 0 Å². The zero-order valence-electron chi connectivity index (χ0n) is 5.14. The van der Waals surface area contributed by atoms with Gasteiger partial charge in [0.2, 0.25) is 0 Å². The molecule has 0 bridgehead atoms. The monoisotopic (exact) mass is 147 g/mol. The SMILES string of the molecule is [C-]#[N+]C(C)(C)OC(=O)Cl. The summed E-state index contributed by atoms with van der Waals surface area (Å²) in [4.78, 5) is 13.0. The van der Waals surface area contributed by atoms with Crippen LogP contribution in [0.2, 0.25) is 0 Å². The molecule has 50 valence electrons. The molecule has 0 atom stereocenters. The van der Waals surface area contributed by atoms with Crippen molar-refractivity contribution in [3.8, 4) is 0 Å². The average molecular weight is 148 g/mol. The Morgan fingerprint density at radius 1 is 1.78 bits per heavy atom. The van der Waals surface area contributed by atoms with Crippen LogP contribution in [-0.4, -0.2) is 11.2 Å². The highest BCUT2D eigenvalue weighted by Crippen LogP contribution is 2.11. The number of hydrogen-bond acceptors (Lipinski definition) is 2. The van der Waals surface area contributed by atoms with Crippen LogP contribution in [0.25, 0.3) is 4.85 Å². The Hall–Kier alpha value is -0.750. The van der Waals surface area contributed by atoms with E-state index in [1.54, 1.807) is 0 Å². The van der Waals surface area contributed by atoms with Crippen LogP contribution < -0.4 is 0 Å². The summed E-state index contributed by atoms with van der Waals surface area (Å²) in [5.41, 5.74) is -2.07. The van der Waals surface area contributed by atoms with E-state index in [2.05, 4.69) is 9.58 Å². The average Bonchev–Trinajstić information content (AvgIpc) is 1.63. The molecule has 0 aliphatic carbocycles. The number of halogens is 1. The molecule has 4 heteroatoms. The largest absolute Gasteiger partial charge is 0.409 e. The zero-order valence-corrected chi connectivity index (χ0v) is 5.90. The number of ether oxygens (including phenoxy) is 1. The van der Waals surface area contributed by atoms with Crippen molar-refractivity contribution >= 4 is 17.0 Å². The maximum atomic E-state index is 10.0. The van der Waals surface area contributed by atoms with Crippen LogP contribution in [0.3, 0.4) is 0 Å². The maximum absolute atomic E-state index is 10.0. The van der Waals surface area contributed by atoms with Crippen molar-refractivity contribution in [1.82, 2.24) is 0 Å². The topological polar surface area (TPSA) is 30.7 Å². The van der Waals surface area contributed by atoms with Gasteiger partial charge in [-0.2, -0.15) is 0 Å². The normalized spacial score (nSPS) is 10.0. The zero-order chi connectivity index (χ0) is 7.49. The molecular weight excluding hydrogens is 142 g/mol. The smallest absolute Gasteiger partial charge is 0.377 e. The maximum Gasteiger partial charge on any atom is 0.409 e. The van der Waals surface area contributed by atoms with Crippen molar-refractivity contribution in [2.75, 3.05) is 0 Å². The van der Waals surface area contributed by atoms with E-state index in [0.29, 0.717) is 0 Å². The van der Waals surface area contributed by atoms with E-state index in [1.165, 1.54) is 13.8 Å². The number of hydrogen-bond donors (Lipinski definition) is 0. The molecule has 0 aromatic heterocycles. The molecule has 0 saturated carbocycles. The minimum absolute atomic E-state index is 0.948. The van der Waals surface area contributed by atoms with Gasteiger partial charge in [-0.25, -0.2) is 11.4 Å². The first-order valence-electron chi connectivity index (χ1n) is 2.25. The Morgan fingerprint density at radius 3 is 2.33 bits per heavy atom. The van der Waals surface area contributed by atoms with Gasteiger partial charge in [-0.05, 0) is 0 Å². The lowest BCUT2D eigenvalue weighted by Crippen LogP contribution is -2.20. The third kappa shape index (κ3) is 3.80. The Morgan fingerprint density at radius 2 is 2.22 bits per heavy atom. The number of rotatable bonds is 1. The first-order chi connectivity index (χ1) is 3.98. The molecule has 0 aliphatic rings. The Labute approximate surface area is 58.4 Å². The molecule has 0 saturated heterocycles. The molecule has 0 rings (SSSR count). The molecule has 0 unspecified atom stereocenters. The lowest BCUT2D eigenvalue weighted by atomic mass is 10.3.